The molecule has 0 heterocycles. The number of benzene rings is 4. The lowest BCUT2D eigenvalue weighted by molar-refractivity contribution is 0.0954. The lowest BCUT2D eigenvalue weighted by Crippen LogP contribution is -2.17. The Labute approximate surface area is 218 Å². The van der Waals surface area contributed by atoms with E-state index in [-0.39, 0.29) is 5.91 Å². The minimum Gasteiger partial charge on any atom is -0.493 e. The van der Waals surface area contributed by atoms with Crippen LogP contribution in [-0.2, 0) is 6.61 Å². The summed E-state index contributed by atoms with van der Waals surface area (Å²) < 4.78 is 17.9. The van der Waals surface area contributed by atoms with E-state index in [1.807, 2.05) is 36.4 Å². The van der Waals surface area contributed by atoms with Crippen LogP contribution in [0.2, 0.25) is 0 Å². The number of hydrogen-bond donors (Lipinski definition) is 1. The molecule has 0 fully saturated rings. The van der Waals surface area contributed by atoms with Gasteiger partial charge in [-0.25, -0.2) is 5.43 Å². The first-order valence-electron chi connectivity index (χ1n) is 11.2. The van der Waals surface area contributed by atoms with E-state index >= 15 is 0 Å². The zero-order valence-corrected chi connectivity index (χ0v) is 21.3. The van der Waals surface area contributed by atoms with Gasteiger partial charge in [0.1, 0.15) is 19.0 Å². The summed E-state index contributed by atoms with van der Waals surface area (Å²) in [6.45, 7) is 4.36. The first-order chi connectivity index (χ1) is 17.6. The molecule has 0 saturated carbocycles. The molecule has 0 spiro atoms. The first-order valence-corrected chi connectivity index (χ1v) is 12.0. The average Bonchev–Trinajstić information content (AvgIpc) is 2.91. The molecule has 0 radical (unpaired) electrons. The standard InChI is InChI=1S/C29H25BrN2O4/c1-3-15-35-27-13-11-21(17-28(27)34-2)29(33)32-31-18-23-16-24(30)12-14-26(23)36-19-22-9-6-8-20-7-4-5-10-25(20)22/h3-14,16-18H,1,15,19H2,2H3,(H,32,33)/b31-18+. The molecule has 0 atom stereocenters. The van der Waals surface area contributed by atoms with Gasteiger partial charge in [0.2, 0.25) is 0 Å². The van der Waals surface area contributed by atoms with Crippen LogP contribution in [0.1, 0.15) is 21.5 Å². The Balaban J connectivity index is 1.46. The zero-order valence-electron chi connectivity index (χ0n) is 19.7. The number of ether oxygens (including phenoxy) is 3. The number of hydrogen-bond acceptors (Lipinski definition) is 5. The molecule has 0 unspecified atom stereocenters. The third kappa shape index (κ3) is 6.12. The summed E-state index contributed by atoms with van der Waals surface area (Å²) in [5, 5.41) is 6.45. The van der Waals surface area contributed by atoms with E-state index in [1.54, 1.807) is 30.5 Å². The molecule has 36 heavy (non-hydrogen) atoms. The number of hydrazone groups is 1. The molecule has 1 amide bonds. The zero-order chi connectivity index (χ0) is 25.3. The Hall–Kier alpha value is -4.10. The Morgan fingerprint density at radius 2 is 1.78 bits per heavy atom. The predicted octanol–water partition coefficient (Wildman–Crippen LogP) is 6.52. The summed E-state index contributed by atoms with van der Waals surface area (Å²) in [5.74, 6) is 1.24. The van der Waals surface area contributed by atoms with E-state index in [0.29, 0.717) is 36.0 Å². The molecule has 4 aromatic rings. The van der Waals surface area contributed by atoms with Gasteiger partial charge in [0.05, 0.1) is 13.3 Å². The predicted molar refractivity (Wildman–Crippen MR) is 146 cm³/mol. The largest absolute Gasteiger partial charge is 0.493 e. The number of fused-ring (bicyclic) bond motifs is 1. The van der Waals surface area contributed by atoms with Gasteiger partial charge in [-0.2, -0.15) is 5.10 Å². The van der Waals surface area contributed by atoms with E-state index in [2.05, 4.69) is 57.3 Å². The number of nitrogens with zero attached hydrogens (tertiary/aromatic N) is 1. The Morgan fingerprint density at radius 3 is 2.61 bits per heavy atom. The molecule has 0 aromatic heterocycles. The van der Waals surface area contributed by atoms with Crippen molar-refractivity contribution in [1.82, 2.24) is 5.43 Å². The second-order valence-corrected chi connectivity index (χ2v) is 8.69. The Morgan fingerprint density at radius 1 is 0.972 bits per heavy atom. The van der Waals surface area contributed by atoms with Crippen molar-refractivity contribution in [2.24, 2.45) is 5.10 Å². The highest BCUT2D eigenvalue weighted by atomic mass is 79.9. The van der Waals surface area contributed by atoms with Crippen molar-refractivity contribution in [3.63, 3.8) is 0 Å². The maximum Gasteiger partial charge on any atom is 0.271 e. The smallest absolute Gasteiger partial charge is 0.271 e. The SMILES string of the molecule is C=CCOc1ccc(C(=O)N/N=C/c2cc(Br)ccc2OCc2cccc3ccccc23)cc1OC. The molecule has 1 N–H and O–H groups in total. The third-order valence-corrected chi connectivity index (χ3v) is 5.88. The normalized spacial score (nSPS) is 10.8. The molecule has 7 heteroatoms. The third-order valence-electron chi connectivity index (χ3n) is 5.39. The summed E-state index contributed by atoms with van der Waals surface area (Å²) in [4.78, 5) is 12.6. The van der Waals surface area contributed by atoms with Gasteiger partial charge in [-0.05, 0) is 52.7 Å². The molecule has 4 aromatic carbocycles. The van der Waals surface area contributed by atoms with Crippen molar-refractivity contribution in [2.75, 3.05) is 13.7 Å². The van der Waals surface area contributed by atoms with Crippen LogP contribution in [0, 0.1) is 0 Å². The number of halogens is 1. The maximum atomic E-state index is 12.6. The highest BCUT2D eigenvalue weighted by Gasteiger charge is 2.11. The topological polar surface area (TPSA) is 69.2 Å². The summed E-state index contributed by atoms with van der Waals surface area (Å²) in [7, 11) is 1.52. The van der Waals surface area contributed by atoms with Gasteiger partial charge < -0.3 is 14.2 Å². The van der Waals surface area contributed by atoms with Crippen molar-refractivity contribution >= 4 is 38.8 Å². The molecular weight excluding hydrogens is 520 g/mol. The van der Waals surface area contributed by atoms with Gasteiger partial charge in [0.15, 0.2) is 11.5 Å². The Bertz CT molecular complexity index is 1410. The van der Waals surface area contributed by atoms with E-state index in [9.17, 15) is 4.79 Å². The Kier molecular flexibility index (Phi) is 8.36. The minimum atomic E-state index is -0.381. The van der Waals surface area contributed by atoms with Gasteiger partial charge in [0, 0.05) is 15.6 Å². The van der Waals surface area contributed by atoms with Crippen LogP contribution < -0.4 is 19.6 Å². The number of nitrogens with one attached hydrogen (secondary N) is 1. The van der Waals surface area contributed by atoms with Crippen molar-refractivity contribution < 1.29 is 19.0 Å². The van der Waals surface area contributed by atoms with Gasteiger partial charge in [-0.15, -0.1) is 0 Å². The number of rotatable bonds is 10. The maximum absolute atomic E-state index is 12.6. The number of carbonyl (C=O) groups is 1. The van der Waals surface area contributed by atoms with Crippen LogP contribution in [0.4, 0.5) is 0 Å². The van der Waals surface area contributed by atoms with Crippen molar-refractivity contribution in [3.8, 4) is 17.2 Å². The molecule has 0 bridgehead atoms. The van der Waals surface area contributed by atoms with Crippen LogP contribution >= 0.6 is 15.9 Å². The van der Waals surface area contributed by atoms with Crippen molar-refractivity contribution in [1.29, 1.82) is 0 Å². The molecule has 0 aliphatic heterocycles. The lowest BCUT2D eigenvalue weighted by Gasteiger charge is -2.12. The van der Waals surface area contributed by atoms with Gasteiger partial charge in [0.25, 0.3) is 5.91 Å². The summed E-state index contributed by atoms with van der Waals surface area (Å²) >= 11 is 3.49. The molecule has 4 rings (SSSR count). The van der Waals surface area contributed by atoms with Gasteiger partial charge in [-0.3, -0.25) is 4.79 Å². The molecule has 182 valence electrons. The summed E-state index contributed by atoms with van der Waals surface area (Å²) in [5.41, 5.74) is 4.74. The fraction of sp³-hybridized carbons (Fsp3) is 0.103. The van der Waals surface area contributed by atoms with Gasteiger partial charge >= 0.3 is 0 Å². The quantitative estimate of drug-likeness (QED) is 0.140. The fourth-order valence-electron chi connectivity index (χ4n) is 3.63. The van der Waals surface area contributed by atoms with Crippen molar-refractivity contribution in [3.05, 3.63) is 113 Å². The van der Waals surface area contributed by atoms with Crippen LogP contribution in [0.5, 0.6) is 17.2 Å². The lowest BCUT2D eigenvalue weighted by atomic mass is 10.1. The van der Waals surface area contributed by atoms with Crippen LogP contribution in [0.25, 0.3) is 10.8 Å². The van der Waals surface area contributed by atoms with Crippen molar-refractivity contribution in [2.45, 2.75) is 6.61 Å². The second kappa shape index (κ2) is 12.0. The number of amides is 1. The van der Waals surface area contributed by atoms with Crippen LogP contribution in [0.15, 0.2) is 101 Å². The monoisotopic (exact) mass is 544 g/mol. The highest BCUT2D eigenvalue weighted by Crippen LogP contribution is 2.28. The van der Waals surface area contributed by atoms with E-state index in [4.69, 9.17) is 14.2 Å². The van der Waals surface area contributed by atoms with E-state index in [0.717, 1.165) is 26.4 Å². The van der Waals surface area contributed by atoms with Gasteiger partial charge in [-0.1, -0.05) is 71.0 Å². The molecule has 0 saturated heterocycles. The molecule has 6 nitrogen and oxygen atoms in total. The fourth-order valence-corrected chi connectivity index (χ4v) is 4.01. The minimum absolute atomic E-state index is 0.337. The highest BCUT2D eigenvalue weighted by molar-refractivity contribution is 9.10. The van der Waals surface area contributed by atoms with E-state index in [1.165, 1.54) is 7.11 Å². The number of carbonyl (C=O) groups excluding carboxylic acids is 1. The van der Waals surface area contributed by atoms with E-state index < -0.39 is 0 Å². The first kappa shape index (κ1) is 25.0. The number of methoxy groups -OCH3 is 1. The molecule has 0 aliphatic rings. The summed E-state index contributed by atoms with van der Waals surface area (Å²) in [6.07, 6.45) is 3.19. The average molecular weight is 545 g/mol. The second-order valence-electron chi connectivity index (χ2n) is 7.77. The summed E-state index contributed by atoms with van der Waals surface area (Å²) in [6, 6.07) is 24.9. The molecular formula is C29H25BrN2O4. The van der Waals surface area contributed by atoms with Crippen LogP contribution in [-0.4, -0.2) is 25.8 Å². The van der Waals surface area contributed by atoms with Crippen LogP contribution in [0.3, 0.4) is 0 Å². The molecule has 0 aliphatic carbocycles.